The van der Waals surface area contributed by atoms with Gasteiger partial charge in [-0.3, -0.25) is 14.9 Å². The van der Waals surface area contributed by atoms with Crippen LogP contribution in [-0.2, 0) is 9.53 Å². The van der Waals surface area contributed by atoms with E-state index in [4.69, 9.17) is 10.5 Å². The van der Waals surface area contributed by atoms with Gasteiger partial charge in [-0.25, -0.2) is 0 Å². The van der Waals surface area contributed by atoms with Gasteiger partial charge in [-0.05, 0) is 25.3 Å². The van der Waals surface area contributed by atoms with Gasteiger partial charge in [0.2, 0.25) is 5.91 Å². The summed E-state index contributed by atoms with van der Waals surface area (Å²) in [5.41, 5.74) is 6.21. The van der Waals surface area contributed by atoms with Gasteiger partial charge in [-0.1, -0.05) is 12.1 Å². The topological polar surface area (TPSA) is 107 Å². The quantitative estimate of drug-likeness (QED) is 0.628. The van der Waals surface area contributed by atoms with Crippen molar-refractivity contribution in [3.63, 3.8) is 0 Å². The van der Waals surface area contributed by atoms with Crippen LogP contribution in [0.25, 0.3) is 0 Å². The summed E-state index contributed by atoms with van der Waals surface area (Å²) in [4.78, 5) is 22.4. The zero-order chi connectivity index (χ0) is 15.4. The molecule has 3 atom stereocenters. The molecule has 0 spiro atoms. The van der Waals surface area contributed by atoms with Gasteiger partial charge in [0.05, 0.1) is 17.1 Å². The molecule has 3 N–H and O–H groups in total. The predicted octanol–water partition coefficient (Wildman–Crippen LogP) is 1.28. The summed E-state index contributed by atoms with van der Waals surface area (Å²) in [7, 11) is 0. The van der Waals surface area contributed by atoms with Crippen LogP contribution >= 0.6 is 0 Å². The van der Waals surface area contributed by atoms with Crippen LogP contribution < -0.4 is 11.1 Å². The third-order valence-electron chi connectivity index (χ3n) is 3.60. The van der Waals surface area contributed by atoms with Gasteiger partial charge >= 0.3 is 0 Å². The standard InChI is InChI=1S/C14H19N3O4/c1-9(10-3-2-4-11(7-10)17(19)20)16-14(18)13-6-5-12(8-15)21-13/h2-4,7,9,12-13H,5-6,8,15H2,1H3,(H,16,18)/t9?,12-,13+/m1/s1. The maximum atomic E-state index is 12.1. The zero-order valence-electron chi connectivity index (χ0n) is 11.8. The summed E-state index contributed by atoms with van der Waals surface area (Å²) in [5, 5.41) is 13.6. The number of non-ortho nitro benzene ring substituents is 1. The second-order valence-corrected chi connectivity index (χ2v) is 5.14. The molecule has 0 aromatic heterocycles. The van der Waals surface area contributed by atoms with Gasteiger partial charge in [-0.2, -0.15) is 0 Å². The van der Waals surface area contributed by atoms with Crippen LogP contribution in [0.1, 0.15) is 31.4 Å². The fourth-order valence-corrected chi connectivity index (χ4v) is 2.37. The lowest BCUT2D eigenvalue weighted by Gasteiger charge is -2.18. The smallest absolute Gasteiger partial charge is 0.269 e. The molecule has 7 nitrogen and oxygen atoms in total. The maximum absolute atomic E-state index is 12.1. The average Bonchev–Trinajstić information content (AvgIpc) is 2.96. The van der Waals surface area contributed by atoms with Crippen LogP contribution in [-0.4, -0.2) is 29.6 Å². The van der Waals surface area contributed by atoms with Crippen LogP contribution in [0.2, 0.25) is 0 Å². The minimum absolute atomic E-state index is 0.00825. The molecule has 1 aliphatic heterocycles. The van der Waals surface area contributed by atoms with Gasteiger partial charge in [0.25, 0.3) is 5.69 Å². The molecule has 1 unspecified atom stereocenters. The number of benzene rings is 1. The van der Waals surface area contributed by atoms with Crippen molar-refractivity contribution in [1.82, 2.24) is 5.32 Å². The van der Waals surface area contributed by atoms with Gasteiger partial charge in [0.1, 0.15) is 6.10 Å². The van der Waals surface area contributed by atoms with Crippen molar-refractivity contribution in [2.24, 2.45) is 5.73 Å². The van der Waals surface area contributed by atoms with E-state index in [9.17, 15) is 14.9 Å². The highest BCUT2D eigenvalue weighted by molar-refractivity contribution is 5.81. The first-order chi connectivity index (χ1) is 10.0. The van der Waals surface area contributed by atoms with E-state index in [1.54, 1.807) is 19.1 Å². The minimum atomic E-state index is -0.486. The Morgan fingerprint density at radius 1 is 1.57 bits per heavy atom. The first-order valence-electron chi connectivity index (χ1n) is 6.91. The number of carbonyl (C=O) groups excluding carboxylic acids is 1. The van der Waals surface area contributed by atoms with Crippen LogP contribution in [0, 0.1) is 10.1 Å². The number of hydrogen-bond acceptors (Lipinski definition) is 5. The number of nitrogens with zero attached hydrogens (tertiary/aromatic N) is 1. The molecular formula is C14H19N3O4. The molecule has 0 bridgehead atoms. The Morgan fingerprint density at radius 2 is 2.33 bits per heavy atom. The molecule has 2 rings (SSSR count). The SMILES string of the molecule is CC(NC(=O)[C@@H]1CC[C@H](CN)O1)c1cccc([N+](=O)[O-])c1. The van der Waals surface area contributed by atoms with E-state index < -0.39 is 11.0 Å². The Balaban J connectivity index is 1.98. The van der Waals surface area contributed by atoms with E-state index in [-0.39, 0.29) is 23.7 Å². The molecular weight excluding hydrogens is 274 g/mol. The van der Waals surface area contributed by atoms with Crippen LogP contribution in [0.5, 0.6) is 0 Å². The van der Waals surface area contributed by atoms with Crippen LogP contribution in [0.15, 0.2) is 24.3 Å². The second kappa shape index (κ2) is 6.64. The van der Waals surface area contributed by atoms with Gasteiger partial charge < -0.3 is 15.8 Å². The Labute approximate surface area is 122 Å². The van der Waals surface area contributed by atoms with Crippen molar-refractivity contribution in [2.75, 3.05) is 6.54 Å². The average molecular weight is 293 g/mol. The molecule has 1 aromatic carbocycles. The number of ether oxygens (including phenoxy) is 1. The number of rotatable bonds is 5. The van der Waals surface area contributed by atoms with Crippen molar-refractivity contribution >= 4 is 11.6 Å². The summed E-state index contributed by atoms with van der Waals surface area (Å²) in [6.07, 6.45) is 0.878. The molecule has 0 saturated carbocycles. The molecule has 1 aromatic rings. The Hall–Kier alpha value is -1.99. The molecule has 0 aliphatic carbocycles. The van der Waals surface area contributed by atoms with Crippen molar-refractivity contribution in [1.29, 1.82) is 0 Å². The summed E-state index contributed by atoms with van der Waals surface area (Å²) >= 11 is 0. The highest BCUT2D eigenvalue weighted by atomic mass is 16.6. The van der Waals surface area contributed by atoms with Gasteiger partial charge in [0, 0.05) is 18.7 Å². The van der Waals surface area contributed by atoms with Crippen LogP contribution in [0.4, 0.5) is 5.69 Å². The normalized spacial score (nSPS) is 22.8. The van der Waals surface area contributed by atoms with Gasteiger partial charge in [0.15, 0.2) is 0 Å². The number of nitro groups is 1. The van der Waals surface area contributed by atoms with E-state index in [2.05, 4.69) is 5.32 Å². The van der Waals surface area contributed by atoms with Crippen LogP contribution in [0.3, 0.4) is 0 Å². The summed E-state index contributed by atoms with van der Waals surface area (Å²) < 4.78 is 5.53. The third-order valence-corrected chi connectivity index (χ3v) is 3.60. The number of hydrogen-bond donors (Lipinski definition) is 2. The number of nitrogens with one attached hydrogen (secondary N) is 1. The van der Waals surface area contributed by atoms with Crippen molar-refractivity contribution in [3.8, 4) is 0 Å². The first kappa shape index (κ1) is 15.4. The van der Waals surface area contributed by atoms with E-state index in [0.29, 0.717) is 18.5 Å². The summed E-state index contributed by atoms with van der Waals surface area (Å²) in [6, 6.07) is 5.91. The lowest BCUT2D eigenvalue weighted by molar-refractivity contribution is -0.384. The molecule has 114 valence electrons. The fourth-order valence-electron chi connectivity index (χ4n) is 2.37. The molecule has 7 heteroatoms. The molecule has 1 aliphatic rings. The number of nitro benzene ring substituents is 1. The van der Waals surface area contributed by atoms with E-state index in [1.807, 2.05) is 0 Å². The second-order valence-electron chi connectivity index (χ2n) is 5.14. The van der Waals surface area contributed by atoms with Crippen molar-refractivity contribution < 1.29 is 14.5 Å². The first-order valence-corrected chi connectivity index (χ1v) is 6.91. The Kier molecular flexibility index (Phi) is 4.87. The molecule has 21 heavy (non-hydrogen) atoms. The number of nitrogens with two attached hydrogens (primary N) is 1. The fraction of sp³-hybridized carbons (Fsp3) is 0.500. The maximum Gasteiger partial charge on any atom is 0.269 e. The van der Waals surface area contributed by atoms with E-state index >= 15 is 0 Å². The monoisotopic (exact) mass is 293 g/mol. The third kappa shape index (κ3) is 3.77. The largest absolute Gasteiger partial charge is 0.364 e. The summed E-state index contributed by atoms with van der Waals surface area (Å²) in [5.74, 6) is -0.204. The highest BCUT2D eigenvalue weighted by Gasteiger charge is 2.30. The van der Waals surface area contributed by atoms with Gasteiger partial charge in [-0.15, -0.1) is 0 Å². The Bertz CT molecular complexity index is 535. The number of carbonyl (C=O) groups is 1. The Morgan fingerprint density at radius 3 is 2.95 bits per heavy atom. The molecule has 0 radical (unpaired) electrons. The molecule has 1 saturated heterocycles. The lowest BCUT2D eigenvalue weighted by atomic mass is 10.1. The molecule has 1 heterocycles. The number of amides is 1. The predicted molar refractivity (Wildman–Crippen MR) is 76.6 cm³/mol. The lowest BCUT2D eigenvalue weighted by Crippen LogP contribution is -2.37. The molecule has 1 amide bonds. The minimum Gasteiger partial charge on any atom is -0.364 e. The highest BCUT2D eigenvalue weighted by Crippen LogP contribution is 2.22. The van der Waals surface area contributed by atoms with E-state index in [1.165, 1.54) is 12.1 Å². The van der Waals surface area contributed by atoms with E-state index in [0.717, 1.165) is 6.42 Å². The van der Waals surface area contributed by atoms with Crippen molar-refractivity contribution in [3.05, 3.63) is 39.9 Å². The molecule has 1 fully saturated rings. The summed E-state index contributed by atoms with van der Waals surface area (Å²) in [6.45, 7) is 2.19. The van der Waals surface area contributed by atoms with Crippen molar-refractivity contribution in [2.45, 2.75) is 38.0 Å². The zero-order valence-corrected chi connectivity index (χ0v) is 11.8.